The van der Waals surface area contributed by atoms with E-state index in [1.807, 2.05) is 74.5 Å². The molecule has 0 saturated heterocycles. The summed E-state index contributed by atoms with van der Waals surface area (Å²) in [6.45, 7) is 6.16. The van der Waals surface area contributed by atoms with E-state index in [1.165, 1.54) is 16.7 Å². The minimum Gasteiger partial charge on any atom is -0.481 e. The van der Waals surface area contributed by atoms with E-state index in [0.29, 0.717) is 0 Å². The number of aryl methyl sites for hydroxylation is 3. The van der Waals surface area contributed by atoms with Gasteiger partial charge in [0.15, 0.2) is 0 Å². The van der Waals surface area contributed by atoms with Crippen molar-refractivity contribution in [2.24, 2.45) is 0 Å². The Bertz CT molecular complexity index is 811. The second-order valence-corrected chi connectivity index (χ2v) is 6.78. The summed E-state index contributed by atoms with van der Waals surface area (Å²) in [6.07, 6.45) is 0.119. The van der Waals surface area contributed by atoms with Crippen LogP contribution < -0.4 is 5.73 Å². The topological polar surface area (TPSA) is 63.3 Å². The predicted molar refractivity (Wildman–Crippen MR) is 112 cm³/mol. The molecule has 0 aromatic heterocycles. The van der Waals surface area contributed by atoms with Crippen molar-refractivity contribution in [1.82, 2.24) is 0 Å². The van der Waals surface area contributed by atoms with Crippen molar-refractivity contribution in [3.05, 3.63) is 101 Å². The van der Waals surface area contributed by atoms with Crippen LogP contribution in [-0.4, -0.2) is 11.1 Å². The van der Waals surface area contributed by atoms with E-state index in [1.54, 1.807) is 0 Å². The van der Waals surface area contributed by atoms with Gasteiger partial charge in [-0.25, -0.2) is 0 Å². The number of hydrogen-bond donors (Lipinski definition) is 2. The zero-order valence-corrected chi connectivity index (χ0v) is 16.1. The van der Waals surface area contributed by atoms with Crippen LogP contribution in [0, 0.1) is 20.8 Å². The van der Waals surface area contributed by atoms with Gasteiger partial charge in [-0.1, -0.05) is 78.4 Å². The first-order valence-corrected chi connectivity index (χ1v) is 9.03. The number of carbonyl (C=O) groups is 1. The SMILES string of the molecule is Cc1cc(C)c(N)c(C)c1.O=C(O)CC(c1ccccc1)c1ccccc1. The lowest BCUT2D eigenvalue weighted by Crippen LogP contribution is -2.07. The molecule has 0 fully saturated rings. The number of nitrogen functional groups attached to an aromatic ring is 1. The van der Waals surface area contributed by atoms with Gasteiger partial charge in [0.2, 0.25) is 0 Å². The summed E-state index contributed by atoms with van der Waals surface area (Å²) >= 11 is 0. The van der Waals surface area contributed by atoms with E-state index in [4.69, 9.17) is 10.8 Å². The van der Waals surface area contributed by atoms with Crippen molar-refractivity contribution in [3.63, 3.8) is 0 Å². The second-order valence-electron chi connectivity index (χ2n) is 6.78. The van der Waals surface area contributed by atoms with Crippen LogP contribution >= 0.6 is 0 Å². The molecule has 0 saturated carbocycles. The van der Waals surface area contributed by atoms with Gasteiger partial charge in [0.1, 0.15) is 0 Å². The first kappa shape index (κ1) is 20.2. The van der Waals surface area contributed by atoms with Gasteiger partial charge in [-0.15, -0.1) is 0 Å². The van der Waals surface area contributed by atoms with E-state index in [-0.39, 0.29) is 12.3 Å². The number of nitrogens with two attached hydrogens (primary N) is 1. The van der Waals surface area contributed by atoms with E-state index in [0.717, 1.165) is 16.8 Å². The Labute approximate surface area is 161 Å². The van der Waals surface area contributed by atoms with Crippen LogP contribution in [0.4, 0.5) is 5.69 Å². The van der Waals surface area contributed by atoms with Crippen LogP contribution in [0.1, 0.15) is 40.2 Å². The first-order valence-electron chi connectivity index (χ1n) is 9.03. The number of hydrogen-bond acceptors (Lipinski definition) is 2. The zero-order valence-electron chi connectivity index (χ0n) is 16.1. The lowest BCUT2D eigenvalue weighted by Gasteiger charge is -2.15. The molecule has 0 atom stereocenters. The average Bonchev–Trinajstić information content (AvgIpc) is 2.66. The molecule has 3 rings (SSSR count). The number of aliphatic carboxylic acids is 1. The van der Waals surface area contributed by atoms with Crippen LogP contribution in [0.5, 0.6) is 0 Å². The summed E-state index contributed by atoms with van der Waals surface area (Å²) in [5.74, 6) is -0.849. The number of rotatable bonds is 4. The van der Waals surface area contributed by atoms with E-state index < -0.39 is 5.97 Å². The quantitative estimate of drug-likeness (QED) is 0.604. The van der Waals surface area contributed by atoms with Gasteiger partial charge in [0.05, 0.1) is 6.42 Å². The summed E-state index contributed by atoms with van der Waals surface area (Å²) in [6, 6.07) is 23.7. The van der Waals surface area contributed by atoms with Crippen molar-refractivity contribution in [2.75, 3.05) is 5.73 Å². The van der Waals surface area contributed by atoms with E-state index in [2.05, 4.69) is 19.1 Å². The molecule has 3 N–H and O–H groups in total. The van der Waals surface area contributed by atoms with Crippen LogP contribution in [0.15, 0.2) is 72.8 Å². The van der Waals surface area contributed by atoms with Gasteiger partial charge in [0.25, 0.3) is 0 Å². The van der Waals surface area contributed by atoms with Crippen molar-refractivity contribution in [3.8, 4) is 0 Å². The lowest BCUT2D eigenvalue weighted by molar-refractivity contribution is -0.137. The largest absolute Gasteiger partial charge is 0.481 e. The molecule has 0 unspecified atom stereocenters. The molecule has 3 aromatic rings. The minimum absolute atomic E-state index is 0.0742. The van der Waals surface area contributed by atoms with Gasteiger partial charge < -0.3 is 10.8 Å². The van der Waals surface area contributed by atoms with Crippen LogP contribution in [0.3, 0.4) is 0 Å². The van der Waals surface area contributed by atoms with Gasteiger partial charge in [-0.05, 0) is 43.0 Å². The lowest BCUT2D eigenvalue weighted by atomic mass is 9.89. The van der Waals surface area contributed by atoms with Gasteiger partial charge in [-0.2, -0.15) is 0 Å². The Balaban J connectivity index is 0.000000223. The molecule has 0 radical (unpaired) electrons. The monoisotopic (exact) mass is 361 g/mol. The van der Waals surface area contributed by atoms with Crippen molar-refractivity contribution < 1.29 is 9.90 Å². The highest BCUT2D eigenvalue weighted by atomic mass is 16.4. The van der Waals surface area contributed by atoms with Crippen molar-refractivity contribution in [1.29, 1.82) is 0 Å². The summed E-state index contributed by atoms with van der Waals surface area (Å²) in [7, 11) is 0. The van der Waals surface area contributed by atoms with Gasteiger partial charge in [0, 0.05) is 11.6 Å². The molecule has 3 aromatic carbocycles. The van der Waals surface area contributed by atoms with Crippen molar-refractivity contribution >= 4 is 11.7 Å². The molecule has 0 aliphatic heterocycles. The number of carboxylic acids is 1. The Morgan fingerprint density at radius 2 is 1.26 bits per heavy atom. The van der Waals surface area contributed by atoms with Crippen LogP contribution in [-0.2, 0) is 4.79 Å². The molecule has 3 nitrogen and oxygen atoms in total. The maximum atomic E-state index is 11.0. The third-order valence-electron chi connectivity index (χ3n) is 4.52. The summed E-state index contributed by atoms with van der Waals surface area (Å²) in [4.78, 5) is 11.0. The molecule has 140 valence electrons. The van der Waals surface area contributed by atoms with Gasteiger partial charge in [-0.3, -0.25) is 4.79 Å². The highest BCUT2D eigenvalue weighted by molar-refractivity contribution is 5.69. The Morgan fingerprint density at radius 1 is 0.852 bits per heavy atom. The minimum atomic E-state index is -0.775. The Kier molecular flexibility index (Phi) is 7.18. The molecule has 27 heavy (non-hydrogen) atoms. The molecule has 0 bridgehead atoms. The standard InChI is InChI=1S/C15H14O2.C9H13N/c16-15(17)11-14(12-7-3-1-4-8-12)13-9-5-2-6-10-13;1-6-4-7(2)9(10)8(3)5-6/h1-10,14H,11H2,(H,16,17);4-5H,10H2,1-3H3. The van der Waals surface area contributed by atoms with E-state index in [9.17, 15) is 4.79 Å². The smallest absolute Gasteiger partial charge is 0.304 e. The third-order valence-corrected chi connectivity index (χ3v) is 4.52. The summed E-state index contributed by atoms with van der Waals surface area (Å²) in [5.41, 5.74) is 12.4. The maximum absolute atomic E-state index is 11.0. The molecule has 0 spiro atoms. The van der Waals surface area contributed by atoms with Crippen LogP contribution in [0.2, 0.25) is 0 Å². The molecular formula is C24H27NO2. The number of carboxylic acid groups (broad SMARTS) is 1. The molecule has 3 heteroatoms. The molecule has 0 aliphatic carbocycles. The van der Waals surface area contributed by atoms with Crippen molar-refractivity contribution in [2.45, 2.75) is 33.1 Å². The third kappa shape index (κ3) is 6.00. The molecule has 0 aliphatic rings. The molecular weight excluding hydrogens is 334 g/mol. The fourth-order valence-electron chi connectivity index (χ4n) is 3.16. The number of anilines is 1. The molecule has 0 heterocycles. The first-order chi connectivity index (χ1) is 12.9. The fourth-order valence-corrected chi connectivity index (χ4v) is 3.16. The maximum Gasteiger partial charge on any atom is 0.304 e. The molecule has 0 amide bonds. The summed E-state index contributed by atoms with van der Waals surface area (Å²) < 4.78 is 0. The average molecular weight is 361 g/mol. The highest BCUT2D eigenvalue weighted by Gasteiger charge is 2.16. The van der Waals surface area contributed by atoms with E-state index >= 15 is 0 Å². The summed E-state index contributed by atoms with van der Waals surface area (Å²) in [5, 5.41) is 9.01. The Hall–Kier alpha value is -3.07. The fraction of sp³-hybridized carbons (Fsp3) is 0.208. The number of benzene rings is 3. The zero-order chi connectivity index (χ0) is 19.8. The van der Waals surface area contributed by atoms with Crippen LogP contribution in [0.25, 0.3) is 0 Å². The normalized spacial score (nSPS) is 10.2. The highest BCUT2D eigenvalue weighted by Crippen LogP contribution is 2.27. The second kappa shape index (κ2) is 9.58. The van der Waals surface area contributed by atoms with Gasteiger partial charge >= 0.3 is 5.97 Å². The Morgan fingerprint density at radius 3 is 1.63 bits per heavy atom. The predicted octanol–water partition coefficient (Wildman–Crippen LogP) is 5.49.